The molecule has 0 saturated heterocycles. The molecule has 1 unspecified atom stereocenters. The van der Waals surface area contributed by atoms with E-state index in [4.69, 9.17) is 28.9 Å². The highest BCUT2D eigenvalue weighted by Crippen LogP contribution is 2.29. The lowest BCUT2D eigenvalue weighted by atomic mass is 10.1. The van der Waals surface area contributed by atoms with Gasteiger partial charge in [-0.25, -0.2) is 13.1 Å². The predicted molar refractivity (Wildman–Crippen MR) is 86.4 cm³/mol. The van der Waals surface area contributed by atoms with Gasteiger partial charge >= 0.3 is 0 Å². The third-order valence-corrected chi connectivity index (χ3v) is 5.18. The number of hydrogen-bond donors (Lipinski definition) is 2. The number of rotatable bonds is 7. The van der Waals surface area contributed by atoms with Gasteiger partial charge in [0.05, 0.1) is 10.0 Å². The van der Waals surface area contributed by atoms with Crippen molar-refractivity contribution >= 4 is 45.6 Å². The maximum absolute atomic E-state index is 12.3. The molecule has 0 aliphatic heterocycles. The summed E-state index contributed by atoms with van der Waals surface area (Å²) >= 11 is 11.8. The molecule has 116 valence electrons. The molecule has 20 heavy (non-hydrogen) atoms. The quantitative estimate of drug-likeness (QED) is 0.783. The lowest BCUT2D eigenvalue weighted by Crippen LogP contribution is -2.40. The summed E-state index contributed by atoms with van der Waals surface area (Å²) in [5.74, 6) is 0. The molecule has 0 aliphatic carbocycles. The smallest absolute Gasteiger partial charge is 0.243 e. The minimum atomic E-state index is -3.76. The number of nitrogens with two attached hydrogens (primary N) is 1. The summed E-state index contributed by atoms with van der Waals surface area (Å²) in [7, 11) is -3.76. The summed E-state index contributed by atoms with van der Waals surface area (Å²) in [5, 5.41) is 0.206. The topological polar surface area (TPSA) is 72.2 Å². The minimum Gasteiger partial charge on any atom is -0.329 e. The molecular formula is C12H19Cl3N2O2S. The number of sulfonamides is 1. The number of nitrogens with one attached hydrogen (secondary N) is 1. The molecule has 0 aromatic heterocycles. The van der Waals surface area contributed by atoms with E-state index in [1.807, 2.05) is 6.92 Å². The molecule has 1 atom stereocenters. The van der Waals surface area contributed by atoms with Crippen molar-refractivity contribution in [2.75, 3.05) is 6.54 Å². The lowest BCUT2D eigenvalue weighted by Gasteiger charge is -2.17. The predicted octanol–water partition coefficient (Wildman–Crippen LogP) is 3.21. The standard InChI is InChI=1S/C12H18Cl2N2O2S.ClH/c1-2-3-5-9(8-15)16-19(17,18)12-10(13)6-4-7-11(12)14;/h4,6-7,9,16H,2-3,5,8,15H2,1H3;1H. The van der Waals surface area contributed by atoms with Gasteiger partial charge in [-0.05, 0) is 18.6 Å². The van der Waals surface area contributed by atoms with Crippen LogP contribution in [0.15, 0.2) is 23.1 Å². The van der Waals surface area contributed by atoms with Gasteiger partial charge in [0, 0.05) is 12.6 Å². The van der Waals surface area contributed by atoms with Crippen LogP contribution in [0.25, 0.3) is 0 Å². The van der Waals surface area contributed by atoms with Crippen LogP contribution in [0, 0.1) is 0 Å². The molecule has 0 aliphatic rings. The molecule has 0 bridgehead atoms. The summed E-state index contributed by atoms with van der Waals surface area (Å²) in [6, 6.07) is 4.27. The van der Waals surface area contributed by atoms with Crippen LogP contribution < -0.4 is 10.5 Å². The van der Waals surface area contributed by atoms with Crippen molar-refractivity contribution in [1.29, 1.82) is 0 Å². The summed E-state index contributed by atoms with van der Waals surface area (Å²) in [6.45, 7) is 2.27. The van der Waals surface area contributed by atoms with Gasteiger partial charge in [-0.1, -0.05) is 49.0 Å². The number of hydrogen-bond acceptors (Lipinski definition) is 3. The Morgan fingerprint density at radius 1 is 1.30 bits per heavy atom. The van der Waals surface area contributed by atoms with Crippen molar-refractivity contribution in [2.45, 2.75) is 37.1 Å². The Morgan fingerprint density at radius 3 is 2.30 bits per heavy atom. The van der Waals surface area contributed by atoms with Gasteiger partial charge < -0.3 is 5.73 Å². The molecule has 8 heteroatoms. The average molecular weight is 362 g/mol. The van der Waals surface area contributed by atoms with E-state index in [0.29, 0.717) is 6.42 Å². The minimum absolute atomic E-state index is 0. The van der Waals surface area contributed by atoms with Crippen LogP contribution in [-0.4, -0.2) is 21.0 Å². The van der Waals surface area contributed by atoms with E-state index in [1.54, 1.807) is 6.07 Å². The van der Waals surface area contributed by atoms with E-state index in [9.17, 15) is 8.42 Å². The van der Waals surface area contributed by atoms with Crippen LogP contribution in [0.5, 0.6) is 0 Å². The summed E-state index contributed by atoms with van der Waals surface area (Å²) in [5.41, 5.74) is 5.58. The Labute approximate surface area is 136 Å². The molecule has 3 N–H and O–H groups in total. The molecule has 0 radical (unpaired) electrons. The fraction of sp³-hybridized carbons (Fsp3) is 0.500. The first-order valence-electron chi connectivity index (χ1n) is 6.08. The van der Waals surface area contributed by atoms with Crippen molar-refractivity contribution in [3.8, 4) is 0 Å². The van der Waals surface area contributed by atoms with Gasteiger partial charge in [0.1, 0.15) is 4.90 Å². The molecule has 0 spiro atoms. The molecule has 0 fully saturated rings. The van der Waals surface area contributed by atoms with Gasteiger partial charge in [-0.2, -0.15) is 0 Å². The highest BCUT2D eigenvalue weighted by Gasteiger charge is 2.24. The second kappa shape index (κ2) is 9.07. The Hall–Kier alpha value is -0.0400. The van der Waals surface area contributed by atoms with Crippen molar-refractivity contribution in [3.63, 3.8) is 0 Å². The van der Waals surface area contributed by atoms with E-state index in [2.05, 4.69) is 4.72 Å². The summed E-state index contributed by atoms with van der Waals surface area (Å²) < 4.78 is 27.1. The van der Waals surface area contributed by atoms with Gasteiger partial charge in [-0.15, -0.1) is 12.4 Å². The Morgan fingerprint density at radius 2 is 1.85 bits per heavy atom. The second-order valence-electron chi connectivity index (χ2n) is 4.25. The van der Waals surface area contributed by atoms with Gasteiger partial charge in [0.25, 0.3) is 0 Å². The molecule has 0 amide bonds. The highest BCUT2D eigenvalue weighted by atomic mass is 35.5. The first kappa shape index (κ1) is 20.0. The zero-order valence-electron chi connectivity index (χ0n) is 11.1. The van der Waals surface area contributed by atoms with Crippen LogP contribution in [0.2, 0.25) is 10.0 Å². The molecule has 1 aromatic rings. The highest BCUT2D eigenvalue weighted by molar-refractivity contribution is 7.89. The number of unbranched alkanes of at least 4 members (excludes halogenated alkanes) is 1. The first-order valence-corrected chi connectivity index (χ1v) is 8.32. The van der Waals surface area contributed by atoms with Crippen molar-refractivity contribution in [3.05, 3.63) is 28.2 Å². The van der Waals surface area contributed by atoms with Crippen LogP contribution in [-0.2, 0) is 10.0 Å². The van der Waals surface area contributed by atoms with Crippen molar-refractivity contribution in [1.82, 2.24) is 4.72 Å². The summed E-state index contributed by atoms with van der Waals surface area (Å²) in [4.78, 5) is -0.0896. The first-order chi connectivity index (χ1) is 8.92. The maximum Gasteiger partial charge on any atom is 0.243 e. The van der Waals surface area contributed by atoms with E-state index >= 15 is 0 Å². The third kappa shape index (κ3) is 5.39. The lowest BCUT2D eigenvalue weighted by molar-refractivity contribution is 0.516. The summed E-state index contributed by atoms with van der Waals surface area (Å²) in [6.07, 6.45) is 2.57. The Kier molecular flexibility index (Phi) is 9.06. The van der Waals surface area contributed by atoms with Crippen LogP contribution in [0.1, 0.15) is 26.2 Å². The number of halogens is 3. The van der Waals surface area contributed by atoms with Gasteiger partial charge in [0.2, 0.25) is 10.0 Å². The molecule has 0 saturated carbocycles. The molecule has 0 heterocycles. The van der Waals surface area contributed by atoms with E-state index in [0.717, 1.165) is 12.8 Å². The van der Waals surface area contributed by atoms with Crippen LogP contribution in [0.3, 0.4) is 0 Å². The molecule has 1 rings (SSSR count). The normalized spacial score (nSPS) is 12.8. The largest absolute Gasteiger partial charge is 0.329 e. The Bertz CT molecular complexity index is 503. The fourth-order valence-electron chi connectivity index (χ4n) is 1.69. The van der Waals surface area contributed by atoms with E-state index in [-0.39, 0.29) is 39.9 Å². The zero-order chi connectivity index (χ0) is 14.5. The average Bonchev–Trinajstić information content (AvgIpc) is 2.33. The molecule has 4 nitrogen and oxygen atoms in total. The van der Waals surface area contributed by atoms with Crippen LogP contribution in [0.4, 0.5) is 0 Å². The number of benzene rings is 1. The van der Waals surface area contributed by atoms with Crippen molar-refractivity contribution < 1.29 is 8.42 Å². The maximum atomic E-state index is 12.3. The van der Waals surface area contributed by atoms with E-state index in [1.165, 1.54) is 12.1 Å². The second-order valence-corrected chi connectivity index (χ2v) is 6.71. The van der Waals surface area contributed by atoms with E-state index < -0.39 is 10.0 Å². The zero-order valence-corrected chi connectivity index (χ0v) is 14.2. The fourth-order valence-corrected chi connectivity index (χ4v) is 4.12. The van der Waals surface area contributed by atoms with Gasteiger partial charge in [0.15, 0.2) is 0 Å². The molecular weight excluding hydrogens is 343 g/mol. The van der Waals surface area contributed by atoms with Crippen molar-refractivity contribution in [2.24, 2.45) is 5.73 Å². The van der Waals surface area contributed by atoms with Gasteiger partial charge in [-0.3, -0.25) is 0 Å². The SMILES string of the molecule is CCCCC(CN)NS(=O)(=O)c1c(Cl)cccc1Cl.Cl. The monoisotopic (exact) mass is 360 g/mol. The van der Waals surface area contributed by atoms with Crippen LogP contribution >= 0.6 is 35.6 Å². The Balaban J connectivity index is 0.00000361. The third-order valence-electron chi connectivity index (χ3n) is 2.70. The molecule has 1 aromatic carbocycles.